The molecule has 1 aromatic carbocycles. The first-order chi connectivity index (χ1) is 11.2. The number of nitrogens with zero attached hydrogens (tertiary/aromatic N) is 1. The van der Waals surface area contributed by atoms with Crippen molar-refractivity contribution in [3.63, 3.8) is 0 Å². The molecule has 24 heavy (non-hydrogen) atoms. The van der Waals surface area contributed by atoms with Crippen LogP contribution in [0.2, 0.25) is 0 Å². The SMILES string of the molecule is O=C1NC2C(CCCC2S(=O)(=O)c2cc(Br)cc(Br)c2)C(=O)N1O. The Bertz CT molecular complexity index is 793. The van der Waals surface area contributed by atoms with Crippen molar-refractivity contribution in [1.82, 2.24) is 10.4 Å². The van der Waals surface area contributed by atoms with Crippen LogP contribution in [0.4, 0.5) is 4.79 Å². The van der Waals surface area contributed by atoms with E-state index in [1.807, 2.05) is 0 Å². The van der Waals surface area contributed by atoms with E-state index in [1.165, 1.54) is 12.1 Å². The third kappa shape index (κ3) is 3.00. The summed E-state index contributed by atoms with van der Waals surface area (Å²) < 4.78 is 27.3. The van der Waals surface area contributed by atoms with Crippen molar-refractivity contribution in [1.29, 1.82) is 0 Å². The third-order valence-corrected chi connectivity index (χ3v) is 7.54. The highest BCUT2D eigenvalue weighted by Gasteiger charge is 2.50. The molecule has 1 saturated carbocycles. The quantitative estimate of drug-likeness (QED) is 0.631. The molecule has 3 rings (SSSR count). The molecule has 3 atom stereocenters. The maximum atomic E-state index is 13.1. The van der Waals surface area contributed by atoms with Crippen molar-refractivity contribution in [3.05, 3.63) is 27.1 Å². The van der Waals surface area contributed by atoms with Gasteiger partial charge in [-0.15, -0.1) is 5.06 Å². The summed E-state index contributed by atoms with van der Waals surface area (Å²) in [7, 11) is -3.77. The number of halogens is 2. The van der Waals surface area contributed by atoms with Crippen molar-refractivity contribution in [2.24, 2.45) is 5.92 Å². The Morgan fingerprint density at radius 2 is 1.75 bits per heavy atom. The molecule has 10 heteroatoms. The van der Waals surface area contributed by atoms with E-state index in [0.29, 0.717) is 28.2 Å². The Morgan fingerprint density at radius 1 is 1.12 bits per heavy atom. The summed E-state index contributed by atoms with van der Waals surface area (Å²) in [6.45, 7) is 0. The molecule has 0 spiro atoms. The van der Waals surface area contributed by atoms with Crippen molar-refractivity contribution in [3.8, 4) is 0 Å². The number of imide groups is 1. The highest BCUT2D eigenvalue weighted by atomic mass is 79.9. The maximum absolute atomic E-state index is 13.1. The van der Waals surface area contributed by atoms with Crippen LogP contribution in [-0.2, 0) is 14.6 Å². The Hall–Kier alpha value is -0.970. The van der Waals surface area contributed by atoms with Crippen LogP contribution in [0.5, 0.6) is 0 Å². The fraction of sp³-hybridized carbons (Fsp3) is 0.429. The molecule has 1 aromatic rings. The van der Waals surface area contributed by atoms with E-state index >= 15 is 0 Å². The van der Waals surface area contributed by atoms with Crippen LogP contribution in [0.3, 0.4) is 0 Å². The van der Waals surface area contributed by atoms with Gasteiger partial charge in [0.25, 0.3) is 5.91 Å². The largest absolute Gasteiger partial charge is 0.348 e. The van der Waals surface area contributed by atoms with Crippen LogP contribution < -0.4 is 5.32 Å². The van der Waals surface area contributed by atoms with Crippen LogP contribution in [0, 0.1) is 5.92 Å². The molecule has 2 N–H and O–H groups in total. The van der Waals surface area contributed by atoms with E-state index in [-0.39, 0.29) is 9.96 Å². The van der Waals surface area contributed by atoms with Crippen LogP contribution >= 0.6 is 31.9 Å². The number of benzene rings is 1. The van der Waals surface area contributed by atoms with Gasteiger partial charge in [0.2, 0.25) is 0 Å². The lowest BCUT2D eigenvalue weighted by Gasteiger charge is -2.41. The minimum atomic E-state index is -3.77. The van der Waals surface area contributed by atoms with Crippen molar-refractivity contribution in [2.75, 3.05) is 0 Å². The number of hydrogen-bond donors (Lipinski definition) is 2. The van der Waals surface area contributed by atoms with E-state index in [4.69, 9.17) is 0 Å². The Morgan fingerprint density at radius 3 is 2.38 bits per heavy atom. The molecule has 1 saturated heterocycles. The van der Waals surface area contributed by atoms with Crippen LogP contribution in [0.15, 0.2) is 32.0 Å². The smallest absolute Gasteiger partial charge is 0.331 e. The van der Waals surface area contributed by atoms with E-state index < -0.39 is 39.0 Å². The average Bonchev–Trinajstić information content (AvgIpc) is 2.51. The highest BCUT2D eigenvalue weighted by molar-refractivity contribution is 9.11. The first kappa shape index (κ1) is 17.8. The number of nitrogens with one attached hydrogen (secondary N) is 1. The van der Waals surface area contributed by atoms with Gasteiger partial charge in [-0.1, -0.05) is 38.3 Å². The Kier molecular flexibility index (Phi) is 4.75. The lowest BCUT2D eigenvalue weighted by atomic mass is 9.82. The molecule has 7 nitrogen and oxygen atoms in total. The Balaban J connectivity index is 2.01. The van der Waals surface area contributed by atoms with Gasteiger partial charge in [0.05, 0.1) is 22.1 Å². The first-order valence-electron chi connectivity index (χ1n) is 7.25. The number of fused-ring (bicyclic) bond motifs is 1. The summed E-state index contributed by atoms with van der Waals surface area (Å²) in [4.78, 5) is 23.9. The maximum Gasteiger partial charge on any atom is 0.348 e. The number of carbonyl (C=O) groups excluding carboxylic acids is 2. The zero-order valence-electron chi connectivity index (χ0n) is 12.3. The van der Waals surface area contributed by atoms with E-state index in [0.717, 1.165) is 0 Å². The van der Waals surface area contributed by atoms with Crippen molar-refractivity contribution >= 4 is 53.6 Å². The number of hydrogen-bond acceptors (Lipinski definition) is 5. The molecule has 0 bridgehead atoms. The van der Waals surface area contributed by atoms with E-state index in [2.05, 4.69) is 37.2 Å². The number of carbonyl (C=O) groups is 2. The lowest BCUT2D eigenvalue weighted by Crippen LogP contribution is -2.64. The average molecular weight is 482 g/mol. The molecule has 1 heterocycles. The lowest BCUT2D eigenvalue weighted by molar-refractivity contribution is -0.163. The number of rotatable bonds is 2. The number of amides is 3. The summed E-state index contributed by atoms with van der Waals surface area (Å²) in [6, 6.07) is 2.88. The minimum Gasteiger partial charge on any atom is -0.331 e. The molecule has 0 radical (unpaired) electrons. The molecular weight excluding hydrogens is 468 g/mol. The van der Waals surface area contributed by atoms with Gasteiger partial charge in [-0.3, -0.25) is 10.0 Å². The fourth-order valence-electron chi connectivity index (χ4n) is 3.30. The topological polar surface area (TPSA) is 104 Å². The van der Waals surface area contributed by atoms with E-state index in [1.54, 1.807) is 6.07 Å². The predicted octanol–water partition coefficient (Wildman–Crippen LogP) is 2.46. The normalized spacial score (nSPS) is 27.6. The molecule has 3 amide bonds. The van der Waals surface area contributed by atoms with Crippen LogP contribution in [0.25, 0.3) is 0 Å². The summed E-state index contributed by atoms with van der Waals surface area (Å²) in [5, 5.41) is 11.1. The van der Waals surface area contributed by atoms with Gasteiger partial charge in [0.1, 0.15) is 0 Å². The highest BCUT2D eigenvalue weighted by Crippen LogP contribution is 2.36. The Labute approximate surface area is 155 Å². The summed E-state index contributed by atoms with van der Waals surface area (Å²) in [5.41, 5.74) is 0. The zero-order chi connectivity index (χ0) is 17.6. The van der Waals surface area contributed by atoms with Gasteiger partial charge in [0, 0.05) is 8.95 Å². The number of hydroxylamine groups is 2. The van der Waals surface area contributed by atoms with Crippen LogP contribution in [0.1, 0.15) is 19.3 Å². The summed E-state index contributed by atoms with van der Waals surface area (Å²) >= 11 is 6.53. The van der Waals surface area contributed by atoms with Crippen molar-refractivity contribution < 1.29 is 23.2 Å². The minimum absolute atomic E-state index is 0.0336. The molecule has 1 aliphatic carbocycles. The molecular formula is C14H14Br2N2O5S. The van der Waals surface area contributed by atoms with Crippen LogP contribution in [-0.4, -0.2) is 41.9 Å². The molecule has 1 aliphatic heterocycles. The van der Waals surface area contributed by atoms with Gasteiger partial charge < -0.3 is 5.32 Å². The fourth-order valence-corrected chi connectivity index (χ4v) is 6.95. The third-order valence-electron chi connectivity index (χ3n) is 4.41. The summed E-state index contributed by atoms with van der Waals surface area (Å²) in [5.74, 6) is -1.49. The van der Waals surface area contributed by atoms with Gasteiger partial charge in [0.15, 0.2) is 9.84 Å². The summed E-state index contributed by atoms with van der Waals surface area (Å²) in [6.07, 6.45) is 1.29. The van der Waals surface area contributed by atoms with E-state index in [9.17, 15) is 23.2 Å². The monoisotopic (exact) mass is 480 g/mol. The molecule has 3 unspecified atom stereocenters. The molecule has 2 aliphatic rings. The van der Waals surface area contributed by atoms with Crippen molar-refractivity contribution in [2.45, 2.75) is 35.4 Å². The second-order valence-corrected chi connectivity index (χ2v) is 9.85. The van der Waals surface area contributed by atoms with Gasteiger partial charge in [-0.05, 0) is 31.0 Å². The first-order valence-corrected chi connectivity index (χ1v) is 10.4. The molecule has 0 aromatic heterocycles. The van der Waals surface area contributed by atoms with Gasteiger partial charge >= 0.3 is 6.03 Å². The second-order valence-electron chi connectivity index (χ2n) is 5.85. The van der Waals surface area contributed by atoms with Gasteiger partial charge in [-0.25, -0.2) is 13.2 Å². The number of sulfone groups is 1. The standard InChI is InChI=1S/C14H14Br2N2O5S/c15-7-4-8(16)6-9(5-7)24(22,23)11-3-1-2-10-12(11)17-14(20)18(21)13(10)19/h4-6,10-12,21H,1-3H2,(H,17,20). The predicted molar refractivity (Wildman–Crippen MR) is 91.1 cm³/mol. The number of urea groups is 1. The zero-order valence-corrected chi connectivity index (χ0v) is 16.3. The van der Waals surface area contributed by atoms with Gasteiger partial charge in [-0.2, -0.15) is 0 Å². The molecule has 130 valence electrons. The molecule has 2 fully saturated rings. The second kappa shape index (κ2) is 6.40.